The van der Waals surface area contributed by atoms with Crippen LogP contribution < -0.4 is 0 Å². The first kappa shape index (κ1) is 14.8. The van der Waals surface area contributed by atoms with E-state index in [1.54, 1.807) is 0 Å². The molecule has 2 rings (SSSR count). The predicted molar refractivity (Wildman–Crippen MR) is 72.9 cm³/mol. The fourth-order valence-corrected chi connectivity index (χ4v) is 1.79. The first-order valence-electron chi connectivity index (χ1n) is 6.05. The van der Waals surface area contributed by atoms with Gasteiger partial charge in [-0.05, 0) is 42.0 Å². The lowest BCUT2D eigenvalue weighted by Crippen LogP contribution is -2.07. The second kappa shape index (κ2) is 5.83. The third-order valence-electron chi connectivity index (χ3n) is 2.83. The third-order valence-corrected chi connectivity index (χ3v) is 2.83. The van der Waals surface area contributed by atoms with Gasteiger partial charge in [-0.2, -0.15) is 13.2 Å². The summed E-state index contributed by atoms with van der Waals surface area (Å²) in [6.07, 6.45) is -2.25. The first-order chi connectivity index (χ1) is 9.88. The zero-order valence-electron chi connectivity index (χ0n) is 10.8. The molecule has 2 aromatic rings. The van der Waals surface area contributed by atoms with Gasteiger partial charge >= 0.3 is 6.18 Å². The molecule has 0 aromatic heterocycles. The minimum Gasteiger partial charge on any atom is -0.508 e. The highest BCUT2D eigenvalue weighted by Crippen LogP contribution is 2.32. The van der Waals surface area contributed by atoms with E-state index in [0.29, 0.717) is 0 Å². The molecule has 21 heavy (non-hydrogen) atoms. The quantitative estimate of drug-likeness (QED) is 0.676. The van der Waals surface area contributed by atoms with E-state index in [-0.39, 0.29) is 16.9 Å². The van der Waals surface area contributed by atoms with Crippen LogP contribution in [0.2, 0.25) is 0 Å². The van der Waals surface area contributed by atoms with Gasteiger partial charge in [0.05, 0.1) is 5.56 Å². The lowest BCUT2D eigenvalue weighted by Gasteiger charge is -2.09. The number of carbonyl (C=O) groups is 1. The van der Waals surface area contributed by atoms with Crippen LogP contribution in [0.3, 0.4) is 0 Å². The summed E-state index contributed by atoms with van der Waals surface area (Å²) in [5, 5.41) is 9.12. The summed E-state index contributed by atoms with van der Waals surface area (Å²) < 4.78 is 38.4. The van der Waals surface area contributed by atoms with Crippen molar-refractivity contribution >= 4 is 11.9 Å². The van der Waals surface area contributed by atoms with E-state index in [9.17, 15) is 18.0 Å². The first-order valence-corrected chi connectivity index (χ1v) is 6.05. The van der Waals surface area contributed by atoms with Crippen LogP contribution in [0, 0.1) is 0 Å². The van der Waals surface area contributed by atoms with Crippen LogP contribution in [0.1, 0.15) is 21.5 Å². The minimum atomic E-state index is -4.47. The summed E-state index contributed by atoms with van der Waals surface area (Å²) in [6, 6.07) is 10.5. The monoisotopic (exact) mass is 292 g/mol. The number of phenols is 1. The predicted octanol–water partition coefficient (Wildman–Crippen LogP) is 4.31. The Morgan fingerprint density at radius 2 is 1.62 bits per heavy atom. The Kier molecular flexibility index (Phi) is 4.12. The Labute approximate surface area is 119 Å². The molecule has 2 nitrogen and oxygen atoms in total. The largest absolute Gasteiger partial charge is 0.508 e. The molecule has 0 fully saturated rings. The highest BCUT2D eigenvalue weighted by Gasteiger charge is 2.32. The van der Waals surface area contributed by atoms with Crippen molar-refractivity contribution in [2.45, 2.75) is 6.18 Å². The van der Waals surface area contributed by atoms with Crippen molar-refractivity contribution in [1.82, 2.24) is 0 Å². The van der Waals surface area contributed by atoms with Gasteiger partial charge in [0.25, 0.3) is 0 Å². The number of phenolic OH excluding ortho intramolecular Hbond substituents is 1. The molecule has 0 amide bonds. The van der Waals surface area contributed by atoms with Crippen LogP contribution in [0.25, 0.3) is 6.08 Å². The number of alkyl halides is 3. The molecule has 0 radical (unpaired) electrons. The fraction of sp³-hybridized carbons (Fsp3) is 0.0625. The summed E-state index contributed by atoms with van der Waals surface area (Å²) in [5.41, 5.74) is -0.578. The van der Waals surface area contributed by atoms with E-state index in [1.807, 2.05) is 0 Å². The summed E-state index contributed by atoms with van der Waals surface area (Å²) >= 11 is 0. The number of halogens is 3. The van der Waals surface area contributed by atoms with Gasteiger partial charge in [0, 0.05) is 5.56 Å². The minimum absolute atomic E-state index is 0.0120. The second-order valence-electron chi connectivity index (χ2n) is 4.33. The summed E-state index contributed by atoms with van der Waals surface area (Å²) in [4.78, 5) is 11.8. The van der Waals surface area contributed by atoms with Gasteiger partial charge in [-0.1, -0.05) is 24.3 Å². The van der Waals surface area contributed by atoms with Crippen LogP contribution in [0.15, 0.2) is 54.6 Å². The number of benzene rings is 2. The molecular weight excluding hydrogens is 281 g/mol. The van der Waals surface area contributed by atoms with Crippen LogP contribution >= 0.6 is 0 Å². The Balaban J connectivity index is 2.26. The van der Waals surface area contributed by atoms with Crippen molar-refractivity contribution in [3.05, 3.63) is 71.3 Å². The van der Waals surface area contributed by atoms with Crippen LogP contribution in [0.4, 0.5) is 13.2 Å². The lowest BCUT2D eigenvalue weighted by molar-refractivity contribution is -0.137. The van der Waals surface area contributed by atoms with Gasteiger partial charge in [-0.25, -0.2) is 0 Å². The highest BCUT2D eigenvalue weighted by atomic mass is 19.4. The fourth-order valence-electron chi connectivity index (χ4n) is 1.79. The number of aromatic hydroxyl groups is 1. The summed E-state index contributed by atoms with van der Waals surface area (Å²) in [6.45, 7) is 0. The maximum Gasteiger partial charge on any atom is 0.416 e. The normalized spacial score (nSPS) is 11.8. The van der Waals surface area contributed by atoms with Gasteiger partial charge in [-0.3, -0.25) is 4.79 Å². The van der Waals surface area contributed by atoms with Crippen molar-refractivity contribution in [3.63, 3.8) is 0 Å². The summed E-state index contributed by atoms with van der Waals surface area (Å²) in [5.74, 6) is -0.426. The van der Waals surface area contributed by atoms with Gasteiger partial charge in [-0.15, -0.1) is 0 Å². The van der Waals surface area contributed by atoms with Gasteiger partial charge in [0.15, 0.2) is 5.78 Å². The van der Waals surface area contributed by atoms with E-state index in [0.717, 1.165) is 18.2 Å². The molecule has 108 valence electrons. The number of allylic oxidation sites excluding steroid dienone is 1. The molecule has 0 aliphatic heterocycles. The van der Waals surface area contributed by atoms with Crippen molar-refractivity contribution in [3.8, 4) is 5.75 Å². The molecule has 0 bridgehead atoms. The van der Waals surface area contributed by atoms with Crippen molar-refractivity contribution < 1.29 is 23.1 Å². The standard InChI is InChI=1S/C16H11F3O2/c17-16(18,19)14-4-2-1-3-11(14)7-10-15(21)12-5-8-13(20)9-6-12/h1-10,20H/b10-7+. The number of hydrogen-bond acceptors (Lipinski definition) is 2. The van der Waals surface area contributed by atoms with Crippen molar-refractivity contribution in [1.29, 1.82) is 0 Å². The summed E-state index contributed by atoms with van der Waals surface area (Å²) in [7, 11) is 0. The second-order valence-corrected chi connectivity index (χ2v) is 4.33. The van der Waals surface area contributed by atoms with Crippen LogP contribution in [-0.2, 0) is 6.18 Å². The molecule has 0 atom stereocenters. The maximum absolute atomic E-state index is 12.8. The van der Waals surface area contributed by atoms with E-state index in [1.165, 1.54) is 42.5 Å². The Hall–Kier alpha value is -2.56. The van der Waals surface area contributed by atoms with E-state index < -0.39 is 17.5 Å². The molecule has 0 unspecified atom stereocenters. The average Bonchev–Trinajstić information content (AvgIpc) is 2.45. The maximum atomic E-state index is 12.8. The molecule has 1 N–H and O–H groups in total. The Morgan fingerprint density at radius 1 is 1.00 bits per heavy atom. The topological polar surface area (TPSA) is 37.3 Å². The highest BCUT2D eigenvalue weighted by molar-refractivity contribution is 6.06. The average molecular weight is 292 g/mol. The number of rotatable bonds is 3. The number of ketones is 1. The molecule has 0 aliphatic rings. The van der Waals surface area contributed by atoms with Gasteiger partial charge in [0.2, 0.25) is 0 Å². The third kappa shape index (κ3) is 3.72. The van der Waals surface area contributed by atoms with E-state index >= 15 is 0 Å². The van der Waals surface area contributed by atoms with Crippen molar-refractivity contribution in [2.24, 2.45) is 0 Å². The van der Waals surface area contributed by atoms with Crippen LogP contribution in [-0.4, -0.2) is 10.9 Å². The smallest absolute Gasteiger partial charge is 0.416 e. The van der Waals surface area contributed by atoms with E-state index in [2.05, 4.69) is 0 Å². The van der Waals surface area contributed by atoms with Crippen LogP contribution in [0.5, 0.6) is 5.75 Å². The number of carbonyl (C=O) groups excluding carboxylic acids is 1. The van der Waals surface area contributed by atoms with E-state index in [4.69, 9.17) is 5.11 Å². The zero-order chi connectivity index (χ0) is 15.5. The molecule has 0 spiro atoms. The molecular formula is C16H11F3O2. The SMILES string of the molecule is O=C(/C=C/c1ccccc1C(F)(F)F)c1ccc(O)cc1. The lowest BCUT2D eigenvalue weighted by atomic mass is 10.0. The number of hydrogen-bond donors (Lipinski definition) is 1. The molecule has 0 heterocycles. The van der Waals surface area contributed by atoms with Gasteiger partial charge in [0.1, 0.15) is 5.75 Å². The molecule has 0 aliphatic carbocycles. The Morgan fingerprint density at radius 3 is 2.24 bits per heavy atom. The Bertz CT molecular complexity index is 671. The zero-order valence-corrected chi connectivity index (χ0v) is 10.8. The van der Waals surface area contributed by atoms with Crippen molar-refractivity contribution in [2.75, 3.05) is 0 Å². The molecule has 0 saturated heterocycles. The molecule has 2 aromatic carbocycles. The molecule has 5 heteroatoms. The molecule has 0 saturated carbocycles. The van der Waals surface area contributed by atoms with Gasteiger partial charge < -0.3 is 5.11 Å².